The SMILES string of the molecule is Cc1ccc(N)c(NCCCN(C)C(C)C)n1. The Morgan fingerprint density at radius 2 is 2.12 bits per heavy atom. The van der Waals surface area contributed by atoms with E-state index in [1.807, 2.05) is 19.1 Å². The minimum atomic E-state index is 0.595. The molecule has 3 N–H and O–H groups in total. The van der Waals surface area contributed by atoms with Gasteiger partial charge in [-0.05, 0) is 52.9 Å². The van der Waals surface area contributed by atoms with E-state index in [0.29, 0.717) is 11.7 Å². The molecule has 4 heteroatoms. The van der Waals surface area contributed by atoms with Crippen LogP contribution in [0.5, 0.6) is 0 Å². The van der Waals surface area contributed by atoms with Crippen LogP contribution in [0.15, 0.2) is 12.1 Å². The number of hydrogen-bond acceptors (Lipinski definition) is 4. The summed E-state index contributed by atoms with van der Waals surface area (Å²) >= 11 is 0. The van der Waals surface area contributed by atoms with Gasteiger partial charge in [-0.15, -0.1) is 0 Å². The predicted octanol–water partition coefficient (Wildman–Crippen LogP) is 2.11. The number of nitrogens with zero attached hydrogens (tertiary/aromatic N) is 2. The Kier molecular flexibility index (Phi) is 5.22. The Labute approximate surface area is 104 Å². The van der Waals surface area contributed by atoms with Crippen molar-refractivity contribution in [2.75, 3.05) is 31.2 Å². The van der Waals surface area contributed by atoms with Gasteiger partial charge in [0.1, 0.15) is 5.82 Å². The average Bonchev–Trinajstić information content (AvgIpc) is 2.28. The van der Waals surface area contributed by atoms with Crippen molar-refractivity contribution >= 4 is 11.5 Å². The van der Waals surface area contributed by atoms with Gasteiger partial charge in [0.15, 0.2) is 0 Å². The lowest BCUT2D eigenvalue weighted by Gasteiger charge is -2.20. The quantitative estimate of drug-likeness (QED) is 0.743. The molecule has 1 rings (SSSR count). The molecule has 4 nitrogen and oxygen atoms in total. The standard InChI is InChI=1S/C13H24N4/c1-10(2)17(4)9-5-8-15-13-12(14)7-6-11(3)16-13/h6-7,10H,5,8-9,14H2,1-4H3,(H,15,16). The van der Waals surface area contributed by atoms with E-state index in [0.717, 1.165) is 31.0 Å². The van der Waals surface area contributed by atoms with E-state index < -0.39 is 0 Å². The van der Waals surface area contributed by atoms with Crippen LogP contribution in [0.3, 0.4) is 0 Å². The van der Waals surface area contributed by atoms with Crippen LogP contribution in [0.2, 0.25) is 0 Å². The Balaban J connectivity index is 2.33. The normalized spacial score (nSPS) is 11.2. The molecule has 1 aromatic heterocycles. The topological polar surface area (TPSA) is 54.2 Å². The van der Waals surface area contributed by atoms with Gasteiger partial charge in [-0.1, -0.05) is 0 Å². The Morgan fingerprint density at radius 3 is 2.76 bits per heavy atom. The summed E-state index contributed by atoms with van der Waals surface area (Å²) in [4.78, 5) is 6.70. The number of nitrogens with two attached hydrogens (primary N) is 1. The third kappa shape index (κ3) is 4.61. The fourth-order valence-electron chi connectivity index (χ4n) is 1.50. The summed E-state index contributed by atoms with van der Waals surface area (Å²) in [6, 6.07) is 4.41. The van der Waals surface area contributed by atoms with Gasteiger partial charge < -0.3 is 16.0 Å². The maximum atomic E-state index is 5.84. The van der Waals surface area contributed by atoms with Gasteiger partial charge in [0, 0.05) is 18.3 Å². The van der Waals surface area contributed by atoms with E-state index >= 15 is 0 Å². The van der Waals surface area contributed by atoms with Crippen LogP contribution in [-0.4, -0.2) is 36.1 Å². The highest BCUT2D eigenvalue weighted by molar-refractivity contribution is 5.61. The molecule has 0 aromatic carbocycles. The third-order valence-electron chi connectivity index (χ3n) is 2.93. The molecule has 0 radical (unpaired) electrons. The van der Waals surface area contributed by atoms with Gasteiger partial charge in [0.25, 0.3) is 0 Å². The highest BCUT2D eigenvalue weighted by atomic mass is 15.1. The Morgan fingerprint density at radius 1 is 1.41 bits per heavy atom. The maximum Gasteiger partial charge on any atom is 0.149 e. The maximum absolute atomic E-state index is 5.84. The summed E-state index contributed by atoms with van der Waals surface area (Å²) < 4.78 is 0. The summed E-state index contributed by atoms with van der Waals surface area (Å²) in [7, 11) is 2.14. The number of aryl methyl sites for hydroxylation is 1. The van der Waals surface area contributed by atoms with Crippen molar-refractivity contribution in [3.63, 3.8) is 0 Å². The molecule has 0 spiro atoms. The van der Waals surface area contributed by atoms with Crippen molar-refractivity contribution < 1.29 is 0 Å². The van der Waals surface area contributed by atoms with E-state index in [1.165, 1.54) is 0 Å². The van der Waals surface area contributed by atoms with Crippen LogP contribution in [0.1, 0.15) is 26.0 Å². The first-order chi connectivity index (χ1) is 8.00. The molecular weight excluding hydrogens is 212 g/mol. The fourth-order valence-corrected chi connectivity index (χ4v) is 1.50. The Hall–Kier alpha value is -1.29. The lowest BCUT2D eigenvalue weighted by Crippen LogP contribution is -2.28. The second kappa shape index (κ2) is 6.45. The highest BCUT2D eigenvalue weighted by Crippen LogP contribution is 2.14. The lowest BCUT2D eigenvalue weighted by atomic mass is 10.3. The molecule has 0 fully saturated rings. The number of pyridine rings is 1. The molecule has 0 saturated heterocycles. The van der Waals surface area contributed by atoms with Crippen LogP contribution in [0.25, 0.3) is 0 Å². The van der Waals surface area contributed by atoms with Crippen molar-refractivity contribution in [1.82, 2.24) is 9.88 Å². The van der Waals surface area contributed by atoms with Crippen LogP contribution >= 0.6 is 0 Å². The minimum absolute atomic E-state index is 0.595. The molecule has 0 aliphatic rings. The summed E-state index contributed by atoms with van der Waals surface area (Å²) in [5.74, 6) is 0.803. The minimum Gasteiger partial charge on any atom is -0.396 e. The van der Waals surface area contributed by atoms with E-state index in [1.54, 1.807) is 0 Å². The third-order valence-corrected chi connectivity index (χ3v) is 2.93. The Bertz CT molecular complexity index is 349. The van der Waals surface area contributed by atoms with Gasteiger partial charge >= 0.3 is 0 Å². The second-order valence-electron chi connectivity index (χ2n) is 4.75. The summed E-state index contributed by atoms with van der Waals surface area (Å²) in [6.45, 7) is 8.35. The van der Waals surface area contributed by atoms with Crippen LogP contribution in [-0.2, 0) is 0 Å². The monoisotopic (exact) mass is 236 g/mol. The lowest BCUT2D eigenvalue weighted by molar-refractivity contribution is 0.273. The van der Waals surface area contributed by atoms with E-state index in [9.17, 15) is 0 Å². The zero-order valence-corrected chi connectivity index (χ0v) is 11.3. The molecule has 0 atom stereocenters. The van der Waals surface area contributed by atoms with Crippen LogP contribution in [0, 0.1) is 6.92 Å². The molecule has 0 unspecified atom stereocenters. The first kappa shape index (κ1) is 13.8. The average molecular weight is 236 g/mol. The first-order valence-electron chi connectivity index (χ1n) is 6.18. The predicted molar refractivity (Wildman–Crippen MR) is 74.3 cm³/mol. The fraction of sp³-hybridized carbons (Fsp3) is 0.615. The summed E-state index contributed by atoms with van der Waals surface area (Å²) in [6.07, 6.45) is 1.09. The molecule has 17 heavy (non-hydrogen) atoms. The van der Waals surface area contributed by atoms with Crippen molar-refractivity contribution in [3.8, 4) is 0 Å². The number of nitrogens with one attached hydrogen (secondary N) is 1. The van der Waals surface area contributed by atoms with Crippen LogP contribution in [0.4, 0.5) is 11.5 Å². The molecule has 1 heterocycles. The number of nitrogen functional groups attached to an aromatic ring is 1. The molecule has 0 bridgehead atoms. The molecule has 1 aromatic rings. The van der Waals surface area contributed by atoms with Gasteiger partial charge in [-0.25, -0.2) is 4.98 Å². The van der Waals surface area contributed by atoms with Crippen molar-refractivity contribution in [2.45, 2.75) is 33.2 Å². The van der Waals surface area contributed by atoms with E-state index in [-0.39, 0.29) is 0 Å². The number of hydrogen-bond donors (Lipinski definition) is 2. The first-order valence-corrected chi connectivity index (χ1v) is 6.18. The van der Waals surface area contributed by atoms with E-state index in [2.05, 4.69) is 36.1 Å². The van der Waals surface area contributed by atoms with E-state index in [4.69, 9.17) is 5.73 Å². The zero-order valence-electron chi connectivity index (χ0n) is 11.3. The summed E-state index contributed by atoms with van der Waals surface area (Å²) in [5, 5.41) is 3.29. The van der Waals surface area contributed by atoms with Crippen molar-refractivity contribution in [1.29, 1.82) is 0 Å². The van der Waals surface area contributed by atoms with Gasteiger partial charge in [-0.2, -0.15) is 0 Å². The van der Waals surface area contributed by atoms with Gasteiger partial charge in [0.05, 0.1) is 5.69 Å². The largest absolute Gasteiger partial charge is 0.396 e. The van der Waals surface area contributed by atoms with Gasteiger partial charge in [0.2, 0.25) is 0 Å². The van der Waals surface area contributed by atoms with Crippen LogP contribution < -0.4 is 11.1 Å². The molecule has 0 amide bonds. The van der Waals surface area contributed by atoms with Crippen molar-refractivity contribution in [2.24, 2.45) is 0 Å². The highest BCUT2D eigenvalue weighted by Gasteiger charge is 2.03. The number of anilines is 2. The number of rotatable bonds is 6. The molecule has 96 valence electrons. The van der Waals surface area contributed by atoms with Crippen molar-refractivity contribution in [3.05, 3.63) is 17.8 Å². The zero-order chi connectivity index (χ0) is 12.8. The molecular formula is C13H24N4. The second-order valence-corrected chi connectivity index (χ2v) is 4.75. The van der Waals surface area contributed by atoms with Gasteiger partial charge in [-0.3, -0.25) is 0 Å². The smallest absolute Gasteiger partial charge is 0.149 e. The molecule has 0 aliphatic heterocycles. The summed E-state index contributed by atoms with van der Waals surface area (Å²) in [5.41, 5.74) is 7.55. The molecule has 0 saturated carbocycles. The molecule has 0 aliphatic carbocycles. The number of aromatic nitrogens is 1.